The second-order valence-corrected chi connectivity index (χ2v) is 6.98. The van der Waals surface area contributed by atoms with E-state index in [9.17, 15) is 14.4 Å². The van der Waals surface area contributed by atoms with E-state index in [1.54, 1.807) is 43.5 Å². The van der Waals surface area contributed by atoms with Gasteiger partial charge in [-0.25, -0.2) is 0 Å². The van der Waals surface area contributed by atoms with Crippen LogP contribution in [0.2, 0.25) is 0 Å². The molecule has 1 unspecified atom stereocenters. The Balaban J connectivity index is 1.49. The number of anilines is 3. The first kappa shape index (κ1) is 19.6. The van der Waals surface area contributed by atoms with Crippen molar-refractivity contribution in [3.8, 4) is 17.2 Å². The van der Waals surface area contributed by atoms with E-state index >= 15 is 0 Å². The predicted molar refractivity (Wildman–Crippen MR) is 109 cm³/mol. The van der Waals surface area contributed by atoms with Crippen molar-refractivity contribution in [2.75, 3.05) is 42.9 Å². The van der Waals surface area contributed by atoms with E-state index in [1.165, 1.54) is 12.0 Å². The molecule has 9 heteroatoms. The van der Waals surface area contributed by atoms with Crippen molar-refractivity contribution in [1.29, 1.82) is 0 Å². The van der Waals surface area contributed by atoms with Gasteiger partial charge in [0.25, 0.3) is 5.91 Å². The van der Waals surface area contributed by atoms with Crippen molar-refractivity contribution in [1.82, 2.24) is 0 Å². The molecule has 1 atom stereocenters. The summed E-state index contributed by atoms with van der Waals surface area (Å²) in [6, 6.07) is 10.2. The molecular weight excluding hydrogens is 390 g/mol. The Morgan fingerprint density at radius 3 is 2.77 bits per heavy atom. The van der Waals surface area contributed by atoms with E-state index < -0.39 is 5.92 Å². The number of benzene rings is 2. The maximum atomic E-state index is 12.8. The molecule has 9 nitrogen and oxygen atoms in total. The van der Waals surface area contributed by atoms with Crippen molar-refractivity contribution in [2.45, 2.75) is 6.42 Å². The van der Waals surface area contributed by atoms with Crippen molar-refractivity contribution in [3.05, 3.63) is 36.4 Å². The van der Waals surface area contributed by atoms with Crippen molar-refractivity contribution < 1.29 is 28.6 Å². The van der Waals surface area contributed by atoms with Gasteiger partial charge in [0.15, 0.2) is 6.61 Å². The van der Waals surface area contributed by atoms with Gasteiger partial charge in [0.1, 0.15) is 17.2 Å². The smallest absolute Gasteiger partial charge is 0.262 e. The number of rotatable bonds is 5. The SMILES string of the molecule is COc1ccc(OC)c(N2CC(C(=O)Nc3ccc4c(c3)NC(=O)CO4)CC2=O)c1. The highest BCUT2D eigenvalue weighted by molar-refractivity contribution is 6.05. The molecule has 2 N–H and O–H groups in total. The van der Waals surface area contributed by atoms with E-state index in [-0.39, 0.29) is 37.3 Å². The summed E-state index contributed by atoms with van der Waals surface area (Å²) >= 11 is 0. The number of carbonyl (C=O) groups is 3. The lowest BCUT2D eigenvalue weighted by Gasteiger charge is -2.21. The van der Waals surface area contributed by atoms with Crippen LogP contribution in [0.3, 0.4) is 0 Å². The Morgan fingerprint density at radius 1 is 1.17 bits per heavy atom. The quantitative estimate of drug-likeness (QED) is 0.780. The summed E-state index contributed by atoms with van der Waals surface area (Å²) in [5.41, 5.74) is 1.56. The van der Waals surface area contributed by atoms with E-state index in [2.05, 4.69) is 10.6 Å². The van der Waals surface area contributed by atoms with Gasteiger partial charge in [0, 0.05) is 24.7 Å². The van der Waals surface area contributed by atoms with Crippen LogP contribution in [0, 0.1) is 5.92 Å². The zero-order valence-electron chi connectivity index (χ0n) is 16.6. The third-order valence-corrected chi connectivity index (χ3v) is 5.05. The topological polar surface area (TPSA) is 106 Å². The first-order valence-electron chi connectivity index (χ1n) is 9.38. The summed E-state index contributed by atoms with van der Waals surface area (Å²) in [6.45, 7) is 0.186. The van der Waals surface area contributed by atoms with Gasteiger partial charge in [0.2, 0.25) is 11.8 Å². The number of amides is 3. The van der Waals surface area contributed by atoms with E-state index in [0.717, 1.165) is 0 Å². The van der Waals surface area contributed by atoms with Crippen molar-refractivity contribution in [2.24, 2.45) is 5.92 Å². The number of ether oxygens (including phenoxy) is 3. The molecule has 1 saturated heterocycles. The van der Waals surface area contributed by atoms with Crippen LogP contribution < -0.4 is 29.7 Å². The number of nitrogens with zero attached hydrogens (tertiary/aromatic N) is 1. The van der Waals surface area contributed by atoms with Crippen LogP contribution >= 0.6 is 0 Å². The average molecular weight is 411 g/mol. The molecule has 0 bridgehead atoms. The Hall–Kier alpha value is -3.75. The lowest BCUT2D eigenvalue weighted by Crippen LogP contribution is -2.28. The third kappa shape index (κ3) is 3.73. The lowest BCUT2D eigenvalue weighted by atomic mass is 10.1. The van der Waals surface area contributed by atoms with Gasteiger partial charge in [-0.2, -0.15) is 0 Å². The molecule has 0 radical (unpaired) electrons. The van der Waals surface area contributed by atoms with Crippen LogP contribution in [0.5, 0.6) is 17.2 Å². The first-order chi connectivity index (χ1) is 14.5. The Bertz CT molecular complexity index is 1020. The maximum absolute atomic E-state index is 12.8. The summed E-state index contributed by atoms with van der Waals surface area (Å²) < 4.78 is 15.9. The second kappa shape index (κ2) is 7.94. The summed E-state index contributed by atoms with van der Waals surface area (Å²) in [4.78, 5) is 38.4. The van der Waals surface area contributed by atoms with Crippen LogP contribution in [0.15, 0.2) is 36.4 Å². The number of hydrogen-bond acceptors (Lipinski definition) is 6. The van der Waals surface area contributed by atoms with Crippen LogP contribution in [0.1, 0.15) is 6.42 Å². The fourth-order valence-corrected chi connectivity index (χ4v) is 3.53. The zero-order valence-corrected chi connectivity index (χ0v) is 16.6. The Kier molecular flexibility index (Phi) is 5.18. The molecule has 0 spiro atoms. The molecule has 3 amide bonds. The molecule has 2 aromatic carbocycles. The van der Waals surface area contributed by atoms with Gasteiger partial charge in [-0.05, 0) is 30.3 Å². The number of methoxy groups -OCH3 is 2. The summed E-state index contributed by atoms with van der Waals surface area (Å²) in [5, 5.41) is 5.51. The molecule has 0 aliphatic carbocycles. The first-order valence-corrected chi connectivity index (χ1v) is 9.38. The predicted octanol–water partition coefficient (Wildman–Crippen LogP) is 2.03. The average Bonchev–Trinajstić information content (AvgIpc) is 3.14. The van der Waals surface area contributed by atoms with Gasteiger partial charge >= 0.3 is 0 Å². The molecule has 0 aromatic heterocycles. The Morgan fingerprint density at radius 2 is 2.00 bits per heavy atom. The van der Waals surface area contributed by atoms with Crippen molar-refractivity contribution >= 4 is 34.8 Å². The zero-order chi connectivity index (χ0) is 21.3. The molecule has 2 aliphatic heterocycles. The summed E-state index contributed by atoms with van der Waals surface area (Å²) in [7, 11) is 3.06. The van der Waals surface area contributed by atoms with Gasteiger partial charge < -0.3 is 29.7 Å². The Labute approximate surface area is 172 Å². The number of fused-ring (bicyclic) bond motifs is 1. The standard InChI is InChI=1S/C21H21N3O6/c1-28-14-4-6-18(29-2)16(9-14)24-10-12(7-20(24)26)21(27)22-13-3-5-17-15(8-13)23-19(25)11-30-17/h3-6,8-9,12H,7,10-11H2,1-2H3,(H,22,27)(H,23,25). The summed E-state index contributed by atoms with van der Waals surface area (Å²) in [6.07, 6.45) is 0.0803. The molecular formula is C21H21N3O6. The molecule has 1 fully saturated rings. The lowest BCUT2D eigenvalue weighted by molar-refractivity contribution is -0.122. The summed E-state index contributed by atoms with van der Waals surface area (Å²) in [5.74, 6) is 0.412. The fraction of sp³-hybridized carbons (Fsp3) is 0.286. The highest BCUT2D eigenvalue weighted by Gasteiger charge is 2.36. The van der Waals surface area contributed by atoms with E-state index in [4.69, 9.17) is 14.2 Å². The minimum Gasteiger partial charge on any atom is -0.497 e. The molecule has 2 heterocycles. The maximum Gasteiger partial charge on any atom is 0.262 e. The molecule has 4 rings (SSSR count). The third-order valence-electron chi connectivity index (χ3n) is 5.05. The van der Waals surface area contributed by atoms with Crippen LogP contribution in [0.4, 0.5) is 17.1 Å². The highest BCUT2D eigenvalue weighted by Crippen LogP contribution is 2.36. The molecule has 2 aliphatic rings. The molecule has 156 valence electrons. The fourth-order valence-electron chi connectivity index (χ4n) is 3.53. The molecule has 2 aromatic rings. The number of hydrogen-bond donors (Lipinski definition) is 2. The second-order valence-electron chi connectivity index (χ2n) is 6.98. The van der Waals surface area contributed by atoms with Crippen LogP contribution in [-0.2, 0) is 14.4 Å². The minimum atomic E-state index is -0.532. The van der Waals surface area contributed by atoms with Gasteiger partial charge in [-0.1, -0.05) is 0 Å². The van der Waals surface area contributed by atoms with E-state index in [1.807, 2.05) is 0 Å². The van der Waals surface area contributed by atoms with Crippen molar-refractivity contribution in [3.63, 3.8) is 0 Å². The largest absolute Gasteiger partial charge is 0.497 e. The van der Waals surface area contributed by atoms with Crippen LogP contribution in [-0.4, -0.2) is 45.1 Å². The monoisotopic (exact) mass is 411 g/mol. The normalized spacial score (nSPS) is 17.7. The number of nitrogens with one attached hydrogen (secondary N) is 2. The van der Waals surface area contributed by atoms with Gasteiger partial charge in [-0.3, -0.25) is 14.4 Å². The molecule has 0 saturated carbocycles. The minimum absolute atomic E-state index is 0.0353. The molecule has 30 heavy (non-hydrogen) atoms. The van der Waals surface area contributed by atoms with Gasteiger partial charge in [-0.15, -0.1) is 0 Å². The van der Waals surface area contributed by atoms with Crippen LogP contribution in [0.25, 0.3) is 0 Å². The number of carbonyl (C=O) groups excluding carboxylic acids is 3. The van der Waals surface area contributed by atoms with E-state index in [0.29, 0.717) is 34.3 Å². The highest BCUT2D eigenvalue weighted by atomic mass is 16.5. The van der Waals surface area contributed by atoms with Gasteiger partial charge in [0.05, 0.1) is 31.5 Å².